The first-order valence-electron chi connectivity index (χ1n) is 8.99. The number of anilines is 1. The van der Waals surface area contributed by atoms with Gasteiger partial charge in [0.05, 0.1) is 7.11 Å². The third kappa shape index (κ3) is 6.02. The molecule has 0 saturated carbocycles. The first-order chi connectivity index (χ1) is 12.5. The number of carbonyl (C=O) groups is 1. The minimum absolute atomic E-state index is 0.163. The molecule has 0 spiro atoms. The van der Waals surface area contributed by atoms with Crippen LogP contribution in [0.2, 0.25) is 0 Å². The van der Waals surface area contributed by atoms with E-state index in [4.69, 9.17) is 4.74 Å². The molecule has 2 rings (SSSR count). The molecule has 1 heterocycles. The molecule has 0 unspecified atom stereocenters. The van der Waals surface area contributed by atoms with E-state index in [1.54, 1.807) is 20.1 Å². The zero-order valence-corrected chi connectivity index (χ0v) is 16.0. The highest BCUT2D eigenvalue weighted by atomic mass is 16.5. The number of amides is 1. The lowest BCUT2D eigenvalue weighted by Gasteiger charge is -2.11. The summed E-state index contributed by atoms with van der Waals surface area (Å²) in [7, 11) is 1.67. The van der Waals surface area contributed by atoms with E-state index in [1.165, 1.54) is 0 Å². The molecule has 1 amide bonds. The van der Waals surface area contributed by atoms with Gasteiger partial charge in [0.15, 0.2) is 0 Å². The van der Waals surface area contributed by atoms with E-state index in [9.17, 15) is 4.79 Å². The molecule has 26 heavy (non-hydrogen) atoms. The molecule has 0 bridgehead atoms. The molecule has 6 nitrogen and oxygen atoms in total. The SMILES string of the molecule is COc1ccccc1CCNc1cc(C(=O)NCCC(C)C)nc(C)n1. The number of hydrogen-bond acceptors (Lipinski definition) is 5. The number of nitrogens with zero attached hydrogens (tertiary/aromatic N) is 2. The van der Waals surface area contributed by atoms with Crippen molar-refractivity contribution in [1.82, 2.24) is 15.3 Å². The summed E-state index contributed by atoms with van der Waals surface area (Å²) in [5.41, 5.74) is 1.51. The van der Waals surface area contributed by atoms with Crippen LogP contribution in [0.3, 0.4) is 0 Å². The monoisotopic (exact) mass is 356 g/mol. The first kappa shape index (κ1) is 19.7. The lowest BCUT2D eigenvalue weighted by molar-refractivity contribution is 0.0946. The average Bonchev–Trinajstić information content (AvgIpc) is 2.61. The fraction of sp³-hybridized carbons (Fsp3) is 0.450. The number of rotatable bonds is 9. The number of para-hydroxylation sites is 1. The second-order valence-corrected chi connectivity index (χ2v) is 6.61. The van der Waals surface area contributed by atoms with E-state index >= 15 is 0 Å². The Bertz CT molecular complexity index is 732. The Morgan fingerprint density at radius 3 is 2.69 bits per heavy atom. The van der Waals surface area contributed by atoms with Crippen LogP contribution in [0.5, 0.6) is 5.75 Å². The highest BCUT2D eigenvalue weighted by Gasteiger charge is 2.10. The van der Waals surface area contributed by atoms with Crippen molar-refractivity contribution < 1.29 is 9.53 Å². The molecule has 0 radical (unpaired) electrons. The molecule has 1 aromatic heterocycles. The van der Waals surface area contributed by atoms with Crippen molar-refractivity contribution in [3.8, 4) is 5.75 Å². The summed E-state index contributed by atoms with van der Waals surface area (Å²) >= 11 is 0. The quantitative estimate of drug-likeness (QED) is 0.721. The van der Waals surface area contributed by atoms with Gasteiger partial charge in [-0.05, 0) is 37.3 Å². The number of nitrogens with one attached hydrogen (secondary N) is 2. The van der Waals surface area contributed by atoms with E-state index in [0.29, 0.717) is 36.3 Å². The lowest BCUT2D eigenvalue weighted by atomic mass is 10.1. The van der Waals surface area contributed by atoms with Crippen LogP contribution < -0.4 is 15.4 Å². The molecule has 140 valence electrons. The Morgan fingerprint density at radius 1 is 1.19 bits per heavy atom. The maximum atomic E-state index is 12.3. The third-order valence-corrected chi connectivity index (χ3v) is 3.97. The maximum Gasteiger partial charge on any atom is 0.270 e. The summed E-state index contributed by atoms with van der Waals surface area (Å²) in [6, 6.07) is 9.63. The second kappa shape index (κ2) is 9.75. The molecular weight excluding hydrogens is 328 g/mol. The average molecular weight is 356 g/mol. The van der Waals surface area contributed by atoms with E-state index in [0.717, 1.165) is 24.2 Å². The molecule has 6 heteroatoms. The van der Waals surface area contributed by atoms with Gasteiger partial charge >= 0.3 is 0 Å². The number of methoxy groups -OCH3 is 1. The number of aromatic nitrogens is 2. The van der Waals surface area contributed by atoms with Gasteiger partial charge in [-0.25, -0.2) is 9.97 Å². The zero-order valence-electron chi connectivity index (χ0n) is 16.0. The van der Waals surface area contributed by atoms with Gasteiger partial charge in [0.25, 0.3) is 5.91 Å². The molecule has 0 aliphatic heterocycles. The van der Waals surface area contributed by atoms with Crippen LogP contribution in [0.15, 0.2) is 30.3 Å². The second-order valence-electron chi connectivity index (χ2n) is 6.61. The Labute approximate surface area is 155 Å². The standard InChI is InChI=1S/C20H28N4O2/c1-14(2)9-11-22-20(25)17-13-19(24-15(3)23-17)21-12-10-16-7-5-6-8-18(16)26-4/h5-8,13-14H,9-12H2,1-4H3,(H,22,25)(H,21,23,24). The van der Waals surface area contributed by atoms with Gasteiger partial charge in [-0.15, -0.1) is 0 Å². The van der Waals surface area contributed by atoms with E-state index < -0.39 is 0 Å². The Kier molecular flexibility index (Phi) is 7.38. The molecule has 0 saturated heterocycles. The minimum atomic E-state index is -0.163. The van der Waals surface area contributed by atoms with E-state index in [1.807, 2.05) is 24.3 Å². The molecule has 1 aromatic carbocycles. The number of carbonyl (C=O) groups excluding carboxylic acids is 1. The zero-order chi connectivity index (χ0) is 18.9. The molecular formula is C20H28N4O2. The fourth-order valence-electron chi connectivity index (χ4n) is 2.57. The highest BCUT2D eigenvalue weighted by molar-refractivity contribution is 5.92. The Balaban J connectivity index is 1.95. The summed E-state index contributed by atoms with van der Waals surface area (Å²) in [5, 5.41) is 6.18. The van der Waals surface area contributed by atoms with Crippen LogP contribution in [0.4, 0.5) is 5.82 Å². The summed E-state index contributed by atoms with van der Waals surface area (Å²) < 4.78 is 5.37. The highest BCUT2D eigenvalue weighted by Crippen LogP contribution is 2.18. The summed E-state index contributed by atoms with van der Waals surface area (Å²) in [6.07, 6.45) is 1.74. The van der Waals surface area contributed by atoms with Gasteiger partial charge in [0.2, 0.25) is 0 Å². The van der Waals surface area contributed by atoms with Crippen molar-refractivity contribution in [3.63, 3.8) is 0 Å². The predicted molar refractivity (Wildman–Crippen MR) is 104 cm³/mol. The van der Waals surface area contributed by atoms with Crippen molar-refractivity contribution in [2.24, 2.45) is 5.92 Å². The fourth-order valence-corrected chi connectivity index (χ4v) is 2.57. The number of benzene rings is 1. The van der Waals surface area contributed by atoms with Gasteiger partial charge in [-0.3, -0.25) is 4.79 Å². The Morgan fingerprint density at radius 2 is 1.96 bits per heavy atom. The molecule has 2 N–H and O–H groups in total. The number of hydrogen-bond donors (Lipinski definition) is 2. The van der Waals surface area contributed by atoms with Crippen LogP contribution in [0, 0.1) is 12.8 Å². The van der Waals surface area contributed by atoms with Crippen molar-refractivity contribution in [3.05, 3.63) is 47.4 Å². The van der Waals surface area contributed by atoms with Gasteiger partial charge in [-0.2, -0.15) is 0 Å². The van der Waals surface area contributed by atoms with Gasteiger partial charge < -0.3 is 15.4 Å². The number of ether oxygens (including phenoxy) is 1. The lowest BCUT2D eigenvalue weighted by Crippen LogP contribution is -2.26. The van der Waals surface area contributed by atoms with Crippen LogP contribution in [-0.2, 0) is 6.42 Å². The van der Waals surface area contributed by atoms with Crippen molar-refractivity contribution in [2.75, 3.05) is 25.5 Å². The van der Waals surface area contributed by atoms with Crippen LogP contribution >= 0.6 is 0 Å². The molecule has 2 aromatic rings. The van der Waals surface area contributed by atoms with Crippen molar-refractivity contribution in [1.29, 1.82) is 0 Å². The van der Waals surface area contributed by atoms with Crippen LogP contribution in [0.1, 0.15) is 42.1 Å². The van der Waals surface area contributed by atoms with Crippen molar-refractivity contribution in [2.45, 2.75) is 33.6 Å². The van der Waals surface area contributed by atoms with E-state index in [-0.39, 0.29) is 5.91 Å². The van der Waals surface area contributed by atoms with Gasteiger partial charge in [0, 0.05) is 19.2 Å². The molecule has 0 aliphatic carbocycles. The molecule has 0 fully saturated rings. The largest absolute Gasteiger partial charge is 0.496 e. The molecule has 0 aliphatic rings. The molecule has 0 atom stereocenters. The van der Waals surface area contributed by atoms with Crippen LogP contribution in [-0.4, -0.2) is 36.1 Å². The third-order valence-electron chi connectivity index (χ3n) is 3.97. The van der Waals surface area contributed by atoms with E-state index in [2.05, 4.69) is 34.4 Å². The maximum absolute atomic E-state index is 12.3. The normalized spacial score (nSPS) is 10.7. The minimum Gasteiger partial charge on any atom is -0.496 e. The predicted octanol–water partition coefficient (Wildman–Crippen LogP) is 3.22. The Hall–Kier alpha value is -2.63. The van der Waals surface area contributed by atoms with Gasteiger partial charge in [-0.1, -0.05) is 32.0 Å². The summed E-state index contributed by atoms with van der Waals surface area (Å²) in [4.78, 5) is 20.9. The summed E-state index contributed by atoms with van der Waals surface area (Å²) in [6.45, 7) is 7.38. The van der Waals surface area contributed by atoms with Gasteiger partial charge in [0.1, 0.15) is 23.1 Å². The smallest absolute Gasteiger partial charge is 0.270 e. The first-order valence-corrected chi connectivity index (χ1v) is 8.99. The van der Waals surface area contributed by atoms with Crippen LogP contribution in [0.25, 0.3) is 0 Å². The van der Waals surface area contributed by atoms with Crippen molar-refractivity contribution >= 4 is 11.7 Å². The summed E-state index contributed by atoms with van der Waals surface area (Å²) in [5.74, 6) is 2.49. The number of aryl methyl sites for hydroxylation is 1. The topological polar surface area (TPSA) is 76.1 Å².